The lowest BCUT2D eigenvalue weighted by Crippen LogP contribution is -2.25. The number of hydrogen-bond donors (Lipinski definition) is 1. The fourth-order valence-electron chi connectivity index (χ4n) is 2.58. The number of halogens is 1. The Morgan fingerprint density at radius 2 is 1.43 bits per heavy atom. The highest BCUT2D eigenvalue weighted by molar-refractivity contribution is 5.23. The van der Waals surface area contributed by atoms with E-state index in [1.54, 1.807) is 12.1 Å². The molecule has 0 heterocycles. The molecule has 0 aliphatic rings. The summed E-state index contributed by atoms with van der Waals surface area (Å²) >= 11 is 0. The SMILES string of the molecule is CCNCC(Cc1ccc(C)cc1)Cc1ccc(F)cc1. The van der Waals surface area contributed by atoms with E-state index in [0.717, 1.165) is 25.9 Å². The van der Waals surface area contributed by atoms with E-state index in [4.69, 9.17) is 0 Å². The highest BCUT2D eigenvalue weighted by Gasteiger charge is 2.10. The molecule has 0 bridgehead atoms. The lowest BCUT2D eigenvalue weighted by Gasteiger charge is -2.18. The van der Waals surface area contributed by atoms with Gasteiger partial charge in [-0.3, -0.25) is 0 Å². The molecule has 0 saturated carbocycles. The van der Waals surface area contributed by atoms with Gasteiger partial charge < -0.3 is 5.32 Å². The van der Waals surface area contributed by atoms with Crippen molar-refractivity contribution in [2.24, 2.45) is 5.92 Å². The van der Waals surface area contributed by atoms with E-state index in [-0.39, 0.29) is 5.82 Å². The molecule has 0 aromatic heterocycles. The van der Waals surface area contributed by atoms with Gasteiger partial charge in [0, 0.05) is 0 Å². The Balaban J connectivity index is 2.02. The molecule has 0 aliphatic heterocycles. The predicted octanol–water partition coefficient (Wildman–Crippen LogP) is 4.15. The van der Waals surface area contributed by atoms with Crippen LogP contribution >= 0.6 is 0 Å². The van der Waals surface area contributed by atoms with E-state index >= 15 is 0 Å². The number of hydrogen-bond acceptors (Lipinski definition) is 1. The summed E-state index contributed by atoms with van der Waals surface area (Å²) in [7, 11) is 0. The van der Waals surface area contributed by atoms with Crippen LogP contribution in [0.5, 0.6) is 0 Å². The monoisotopic (exact) mass is 285 g/mol. The third-order valence-electron chi connectivity index (χ3n) is 3.77. The molecule has 21 heavy (non-hydrogen) atoms. The zero-order chi connectivity index (χ0) is 15.1. The molecule has 0 spiro atoms. The third kappa shape index (κ3) is 5.31. The Labute approximate surface area is 127 Å². The van der Waals surface area contributed by atoms with Crippen LogP contribution in [0.2, 0.25) is 0 Å². The van der Waals surface area contributed by atoms with Gasteiger partial charge in [0.05, 0.1) is 0 Å². The Bertz CT molecular complexity index is 483. The van der Waals surface area contributed by atoms with Crippen molar-refractivity contribution in [2.75, 3.05) is 13.1 Å². The maximum atomic E-state index is 13.0. The van der Waals surface area contributed by atoms with Gasteiger partial charge in [-0.05, 0) is 62.0 Å². The van der Waals surface area contributed by atoms with Crippen molar-refractivity contribution in [1.29, 1.82) is 0 Å². The van der Waals surface area contributed by atoms with E-state index in [1.807, 2.05) is 12.1 Å². The number of benzene rings is 2. The molecular formula is C19H24FN. The van der Waals surface area contributed by atoms with Crippen LogP contribution in [0.15, 0.2) is 48.5 Å². The van der Waals surface area contributed by atoms with Crippen LogP contribution in [0.25, 0.3) is 0 Å². The first-order valence-electron chi connectivity index (χ1n) is 7.68. The van der Waals surface area contributed by atoms with E-state index in [1.165, 1.54) is 16.7 Å². The molecule has 1 nitrogen and oxygen atoms in total. The quantitative estimate of drug-likeness (QED) is 0.806. The first-order chi connectivity index (χ1) is 10.2. The molecule has 1 N–H and O–H groups in total. The number of nitrogens with one attached hydrogen (secondary N) is 1. The van der Waals surface area contributed by atoms with Gasteiger partial charge >= 0.3 is 0 Å². The number of aryl methyl sites for hydroxylation is 1. The van der Waals surface area contributed by atoms with Crippen LogP contribution in [0, 0.1) is 18.7 Å². The predicted molar refractivity (Wildman–Crippen MR) is 87.0 cm³/mol. The molecule has 0 saturated heterocycles. The highest BCUT2D eigenvalue weighted by Crippen LogP contribution is 2.15. The fourth-order valence-corrected chi connectivity index (χ4v) is 2.58. The van der Waals surface area contributed by atoms with Crippen LogP contribution in [0.1, 0.15) is 23.6 Å². The summed E-state index contributed by atoms with van der Waals surface area (Å²) in [5.74, 6) is 0.360. The van der Waals surface area contributed by atoms with Gasteiger partial charge in [-0.15, -0.1) is 0 Å². The third-order valence-corrected chi connectivity index (χ3v) is 3.77. The van der Waals surface area contributed by atoms with Crippen LogP contribution in [-0.2, 0) is 12.8 Å². The van der Waals surface area contributed by atoms with Crippen molar-refractivity contribution in [3.63, 3.8) is 0 Å². The largest absolute Gasteiger partial charge is 0.317 e. The second-order valence-corrected chi connectivity index (χ2v) is 5.69. The number of rotatable bonds is 7. The minimum absolute atomic E-state index is 0.166. The average Bonchev–Trinajstić information content (AvgIpc) is 2.49. The summed E-state index contributed by atoms with van der Waals surface area (Å²) in [5, 5.41) is 3.44. The zero-order valence-corrected chi connectivity index (χ0v) is 12.9. The van der Waals surface area contributed by atoms with E-state index in [9.17, 15) is 4.39 Å². The first-order valence-corrected chi connectivity index (χ1v) is 7.68. The van der Waals surface area contributed by atoms with Crippen molar-refractivity contribution in [2.45, 2.75) is 26.7 Å². The van der Waals surface area contributed by atoms with Crippen LogP contribution in [0.3, 0.4) is 0 Å². The van der Waals surface area contributed by atoms with Crippen molar-refractivity contribution in [3.05, 3.63) is 71.0 Å². The smallest absolute Gasteiger partial charge is 0.123 e. The lowest BCUT2D eigenvalue weighted by atomic mass is 9.92. The normalized spacial score (nSPS) is 12.3. The topological polar surface area (TPSA) is 12.0 Å². The van der Waals surface area contributed by atoms with Gasteiger partial charge in [-0.2, -0.15) is 0 Å². The van der Waals surface area contributed by atoms with Gasteiger partial charge in [-0.1, -0.05) is 48.9 Å². The van der Waals surface area contributed by atoms with Crippen molar-refractivity contribution >= 4 is 0 Å². The lowest BCUT2D eigenvalue weighted by molar-refractivity contribution is 0.478. The summed E-state index contributed by atoms with van der Waals surface area (Å²) in [6.45, 7) is 6.20. The van der Waals surface area contributed by atoms with E-state index in [0.29, 0.717) is 5.92 Å². The molecule has 2 heteroatoms. The van der Waals surface area contributed by atoms with Crippen LogP contribution in [0.4, 0.5) is 4.39 Å². The van der Waals surface area contributed by atoms with E-state index < -0.39 is 0 Å². The molecule has 1 unspecified atom stereocenters. The molecule has 2 aromatic carbocycles. The van der Waals surface area contributed by atoms with Gasteiger partial charge in [0.25, 0.3) is 0 Å². The maximum absolute atomic E-state index is 13.0. The second kappa shape index (κ2) is 7.94. The Hall–Kier alpha value is -1.67. The summed E-state index contributed by atoms with van der Waals surface area (Å²) in [5.41, 5.74) is 3.86. The molecule has 0 aliphatic carbocycles. The molecule has 1 atom stereocenters. The van der Waals surface area contributed by atoms with Crippen molar-refractivity contribution in [3.8, 4) is 0 Å². The second-order valence-electron chi connectivity index (χ2n) is 5.69. The first kappa shape index (κ1) is 15.7. The Morgan fingerprint density at radius 3 is 1.95 bits per heavy atom. The summed E-state index contributed by atoms with van der Waals surface area (Å²) < 4.78 is 13.0. The summed E-state index contributed by atoms with van der Waals surface area (Å²) in [6.07, 6.45) is 2.02. The van der Waals surface area contributed by atoms with Gasteiger partial charge in [0.15, 0.2) is 0 Å². The molecule has 0 fully saturated rings. The standard InChI is InChI=1S/C19H24FN/c1-3-21-14-18(12-16-6-4-15(2)5-7-16)13-17-8-10-19(20)11-9-17/h4-11,18,21H,3,12-14H2,1-2H3. The zero-order valence-electron chi connectivity index (χ0n) is 12.9. The maximum Gasteiger partial charge on any atom is 0.123 e. The van der Waals surface area contributed by atoms with Crippen molar-refractivity contribution < 1.29 is 4.39 Å². The average molecular weight is 285 g/mol. The van der Waals surface area contributed by atoms with Crippen molar-refractivity contribution in [1.82, 2.24) is 5.32 Å². The Morgan fingerprint density at radius 1 is 0.905 bits per heavy atom. The molecular weight excluding hydrogens is 261 g/mol. The van der Waals surface area contributed by atoms with Gasteiger partial charge in [0.2, 0.25) is 0 Å². The van der Waals surface area contributed by atoms with Gasteiger partial charge in [0.1, 0.15) is 5.82 Å². The van der Waals surface area contributed by atoms with Gasteiger partial charge in [-0.25, -0.2) is 4.39 Å². The minimum Gasteiger partial charge on any atom is -0.317 e. The minimum atomic E-state index is -0.166. The van der Waals surface area contributed by atoms with Crippen LogP contribution < -0.4 is 5.32 Å². The van der Waals surface area contributed by atoms with Crippen LogP contribution in [-0.4, -0.2) is 13.1 Å². The molecule has 112 valence electrons. The molecule has 2 rings (SSSR count). The molecule has 0 amide bonds. The molecule has 0 radical (unpaired) electrons. The molecule has 2 aromatic rings. The fraction of sp³-hybridized carbons (Fsp3) is 0.368. The Kier molecular flexibility index (Phi) is 5.94. The summed E-state index contributed by atoms with van der Waals surface area (Å²) in [4.78, 5) is 0. The summed E-state index contributed by atoms with van der Waals surface area (Å²) in [6, 6.07) is 15.6. The van der Waals surface area contributed by atoms with E-state index in [2.05, 4.69) is 43.4 Å². The highest BCUT2D eigenvalue weighted by atomic mass is 19.1.